The number of hydrogen-bond donors (Lipinski definition) is 1. The molecule has 1 atom stereocenters. The smallest absolute Gasteiger partial charge is 0.212 e. The lowest BCUT2D eigenvalue weighted by atomic mass is 10.2. The van der Waals surface area contributed by atoms with Crippen molar-refractivity contribution in [3.8, 4) is 0 Å². The quantitative estimate of drug-likeness (QED) is 0.805. The third-order valence-corrected chi connectivity index (χ3v) is 4.52. The Morgan fingerprint density at radius 3 is 2.82 bits per heavy atom. The zero-order chi connectivity index (χ0) is 12.9. The highest BCUT2D eigenvalue weighted by atomic mass is 35.5. The third-order valence-electron chi connectivity index (χ3n) is 2.40. The van der Waals surface area contributed by atoms with Gasteiger partial charge in [-0.3, -0.25) is 4.98 Å². The van der Waals surface area contributed by atoms with Crippen molar-refractivity contribution < 1.29 is 8.42 Å². The Hall–Kier alpha value is -0.650. The summed E-state index contributed by atoms with van der Waals surface area (Å²) in [5.41, 5.74) is 1.91. The van der Waals surface area contributed by atoms with Crippen LogP contribution in [0.2, 0.25) is 0 Å². The van der Waals surface area contributed by atoms with Gasteiger partial charge < -0.3 is 0 Å². The topological polar surface area (TPSA) is 59.1 Å². The van der Waals surface area contributed by atoms with Crippen LogP contribution in [0.4, 0.5) is 0 Å². The van der Waals surface area contributed by atoms with Crippen LogP contribution in [0.3, 0.4) is 0 Å². The fourth-order valence-electron chi connectivity index (χ4n) is 1.35. The van der Waals surface area contributed by atoms with Crippen LogP contribution < -0.4 is 4.72 Å². The van der Waals surface area contributed by atoms with Crippen molar-refractivity contribution in [2.45, 2.75) is 20.4 Å². The van der Waals surface area contributed by atoms with Crippen molar-refractivity contribution >= 4 is 21.6 Å². The molecule has 0 radical (unpaired) electrons. The molecule has 0 aliphatic heterocycles. The molecule has 0 fully saturated rings. The van der Waals surface area contributed by atoms with Gasteiger partial charge in [0.15, 0.2) is 0 Å². The molecule has 4 nitrogen and oxygen atoms in total. The molecule has 17 heavy (non-hydrogen) atoms. The Kier molecular flexibility index (Phi) is 5.36. The van der Waals surface area contributed by atoms with Gasteiger partial charge in [0.05, 0.1) is 5.75 Å². The molecular formula is C11H17ClN2O2S. The number of pyridine rings is 1. The average Bonchev–Trinajstić information content (AvgIpc) is 2.27. The highest BCUT2D eigenvalue weighted by Crippen LogP contribution is 2.06. The molecule has 0 amide bonds. The summed E-state index contributed by atoms with van der Waals surface area (Å²) in [7, 11) is -3.27. The predicted molar refractivity (Wildman–Crippen MR) is 69.5 cm³/mol. The molecule has 0 spiro atoms. The van der Waals surface area contributed by atoms with Gasteiger partial charge in [-0.15, -0.1) is 11.6 Å². The summed E-state index contributed by atoms with van der Waals surface area (Å²) >= 11 is 5.60. The number of aryl methyl sites for hydroxylation is 1. The highest BCUT2D eigenvalue weighted by Gasteiger charge is 2.14. The summed E-state index contributed by atoms with van der Waals surface area (Å²) in [6, 6.07) is 1.85. The van der Waals surface area contributed by atoms with Crippen LogP contribution in [-0.4, -0.2) is 25.0 Å². The largest absolute Gasteiger partial charge is 0.264 e. The van der Waals surface area contributed by atoms with Crippen LogP contribution in [0.5, 0.6) is 0 Å². The van der Waals surface area contributed by atoms with E-state index < -0.39 is 10.0 Å². The van der Waals surface area contributed by atoms with Crippen molar-refractivity contribution in [1.29, 1.82) is 0 Å². The van der Waals surface area contributed by atoms with Crippen molar-refractivity contribution in [1.82, 2.24) is 9.71 Å². The monoisotopic (exact) mass is 276 g/mol. The van der Waals surface area contributed by atoms with Gasteiger partial charge in [-0.25, -0.2) is 13.1 Å². The van der Waals surface area contributed by atoms with Crippen LogP contribution in [-0.2, 0) is 16.6 Å². The molecule has 0 saturated heterocycles. The summed E-state index contributed by atoms with van der Waals surface area (Å²) in [5.74, 6) is 0.340. The lowest BCUT2D eigenvalue weighted by Crippen LogP contribution is -2.29. The first kappa shape index (κ1) is 14.4. The summed E-state index contributed by atoms with van der Waals surface area (Å²) < 4.78 is 25.9. The number of hydrogen-bond acceptors (Lipinski definition) is 3. The Bertz CT molecular complexity index is 462. The van der Waals surface area contributed by atoms with E-state index in [9.17, 15) is 8.42 Å². The van der Waals surface area contributed by atoms with Gasteiger partial charge in [0.2, 0.25) is 10.0 Å². The number of rotatable bonds is 6. The van der Waals surface area contributed by atoms with E-state index in [0.29, 0.717) is 5.88 Å². The van der Waals surface area contributed by atoms with Crippen molar-refractivity contribution in [2.75, 3.05) is 11.6 Å². The lowest BCUT2D eigenvalue weighted by molar-refractivity contribution is 0.568. The van der Waals surface area contributed by atoms with E-state index in [1.165, 1.54) is 0 Å². The van der Waals surface area contributed by atoms with E-state index >= 15 is 0 Å². The second kappa shape index (κ2) is 6.33. The van der Waals surface area contributed by atoms with Gasteiger partial charge in [0.1, 0.15) is 0 Å². The van der Waals surface area contributed by atoms with Crippen LogP contribution in [0.25, 0.3) is 0 Å². The first-order valence-electron chi connectivity index (χ1n) is 5.37. The lowest BCUT2D eigenvalue weighted by Gasteiger charge is -2.11. The Balaban J connectivity index is 2.59. The Labute approximate surface area is 107 Å². The van der Waals surface area contributed by atoms with Gasteiger partial charge in [-0.2, -0.15) is 0 Å². The number of nitrogens with zero attached hydrogens (tertiary/aromatic N) is 1. The van der Waals surface area contributed by atoms with Gasteiger partial charge >= 0.3 is 0 Å². The van der Waals surface area contributed by atoms with E-state index in [0.717, 1.165) is 11.1 Å². The Morgan fingerprint density at radius 1 is 1.53 bits per heavy atom. The molecule has 0 saturated carbocycles. The van der Waals surface area contributed by atoms with Crippen molar-refractivity contribution in [3.05, 3.63) is 29.6 Å². The molecular weight excluding hydrogens is 260 g/mol. The fraction of sp³-hybridized carbons (Fsp3) is 0.545. The van der Waals surface area contributed by atoms with Crippen LogP contribution in [0.15, 0.2) is 18.5 Å². The molecule has 0 aromatic carbocycles. The molecule has 0 aliphatic rings. The van der Waals surface area contributed by atoms with Crippen molar-refractivity contribution in [3.63, 3.8) is 0 Å². The van der Waals surface area contributed by atoms with Gasteiger partial charge in [-0.1, -0.05) is 6.92 Å². The maximum Gasteiger partial charge on any atom is 0.212 e. The zero-order valence-electron chi connectivity index (χ0n) is 9.98. The van der Waals surface area contributed by atoms with E-state index in [4.69, 9.17) is 11.6 Å². The first-order chi connectivity index (χ1) is 7.94. The van der Waals surface area contributed by atoms with Gasteiger partial charge in [0.25, 0.3) is 0 Å². The van der Waals surface area contributed by atoms with E-state index in [1.54, 1.807) is 12.4 Å². The van der Waals surface area contributed by atoms with Gasteiger partial charge in [-0.05, 0) is 30.0 Å². The summed E-state index contributed by atoms with van der Waals surface area (Å²) in [6.45, 7) is 4.01. The zero-order valence-corrected chi connectivity index (χ0v) is 11.6. The second-order valence-corrected chi connectivity index (χ2v) is 6.32. The van der Waals surface area contributed by atoms with Crippen LogP contribution in [0, 0.1) is 12.8 Å². The van der Waals surface area contributed by atoms with E-state index in [1.807, 2.05) is 19.9 Å². The second-order valence-electron chi connectivity index (χ2n) is 4.16. The maximum atomic E-state index is 11.7. The summed E-state index contributed by atoms with van der Waals surface area (Å²) in [4.78, 5) is 3.97. The number of alkyl halides is 1. The molecule has 6 heteroatoms. The fourth-order valence-corrected chi connectivity index (χ4v) is 2.95. The Morgan fingerprint density at radius 2 is 2.24 bits per heavy atom. The molecule has 1 rings (SSSR count). The standard InChI is InChI=1S/C11H17ClN2O2S/c1-9(5-12)8-17(15,16)14-7-11-6-13-4-3-10(11)2/h3-4,6,9,14H,5,7-8H2,1-2H3. The number of halogens is 1. The molecule has 1 N–H and O–H groups in total. The molecule has 1 aromatic heterocycles. The predicted octanol–water partition coefficient (Wildman–Crippen LogP) is 1.68. The maximum absolute atomic E-state index is 11.7. The molecule has 1 heterocycles. The van der Waals surface area contributed by atoms with Crippen LogP contribution in [0.1, 0.15) is 18.1 Å². The van der Waals surface area contributed by atoms with E-state index in [-0.39, 0.29) is 18.2 Å². The molecule has 96 valence electrons. The number of nitrogens with one attached hydrogen (secondary N) is 1. The molecule has 0 aliphatic carbocycles. The molecule has 1 aromatic rings. The molecule has 1 unspecified atom stereocenters. The normalized spacial score (nSPS) is 13.6. The minimum atomic E-state index is -3.27. The average molecular weight is 277 g/mol. The van der Waals surface area contributed by atoms with Crippen molar-refractivity contribution in [2.24, 2.45) is 5.92 Å². The molecule has 0 bridgehead atoms. The SMILES string of the molecule is Cc1ccncc1CNS(=O)(=O)CC(C)CCl. The number of sulfonamides is 1. The summed E-state index contributed by atoms with van der Waals surface area (Å²) in [5, 5.41) is 0. The number of aromatic nitrogens is 1. The minimum Gasteiger partial charge on any atom is -0.264 e. The highest BCUT2D eigenvalue weighted by molar-refractivity contribution is 7.89. The minimum absolute atomic E-state index is 0.0514. The first-order valence-corrected chi connectivity index (χ1v) is 7.56. The third kappa shape index (κ3) is 5.02. The summed E-state index contributed by atoms with van der Waals surface area (Å²) in [6.07, 6.45) is 3.35. The van der Waals surface area contributed by atoms with Crippen LogP contribution >= 0.6 is 11.6 Å². The van der Waals surface area contributed by atoms with Gasteiger partial charge in [0, 0.05) is 24.8 Å². The van der Waals surface area contributed by atoms with E-state index in [2.05, 4.69) is 9.71 Å².